The Morgan fingerprint density at radius 1 is 1.29 bits per heavy atom. The van der Waals surface area contributed by atoms with Crippen molar-refractivity contribution < 1.29 is 14.4 Å². The van der Waals surface area contributed by atoms with Crippen LogP contribution in [0.4, 0.5) is 10.5 Å². The van der Waals surface area contributed by atoms with Gasteiger partial charge in [-0.25, -0.2) is 4.79 Å². The molecule has 1 aliphatic rings. The minimum absolute atomic E-state index is 0.240. The Balaban J connectivity index is 2.03. The highest BCUT2D eigenvalue weighted by Crippen LogP contribution is 2.14. The number of carbonyl (C=O) groups is 3. The largest absolute Gasteiger partial charge is 0.326 e. The first-order valence-corrected chi connectivity index (χ1v) is 6.98. The summed E-state index contributed by atoms with van der Waals surface area (Å²) in [6, 6.07) is 8.10. The number of amides is 4. The Morgan fingerprint density at radius 2 is 1.95 bits per heavy atom. The van der Waals surface area contributed by atoms with Gasteiger partial charge in [0.2, 0.25) is 5.91 Å². The predicted octanol–water partition coefficient (Wildman–Crippen LogP) is 1.37. The van der Waals surface area contributed by atoms with Crippen molar-refractivity contribution in [1.29, 1.82) is 0 Å². The number of benzene rings is 1. The molecule has 1 fully saturated rings. The van der Waals surface area contributed by atoms with Crippen molar-refractivity contribution in [3.05, 3.63) is 30.3 Å². The molecule has 1 atom stereocenters. The van der Waals surface area contributed by atoms with Crippen LogP contribution in [0, 0.1) is 0 Å². The average molecular weight is 289 g/mol. The fourth-order valence-corrected chi connectivity index (χ4v) is 2.25. The van der Waals surface area contributed by atoms with Crippen molar-refractivity contribution in [2.45, 2.75) is 25.8 Å². The molecule has 1 aliphatic heterocycles. The molecule has 0 bridgehead atoms. The maximum Gasteiger partial charge on any atom is 0.325 e. The zero-order valence-corrected chi connectivity index (χ0v) is 12.2. The summed E-state index contributed by atoms with van der Waals surface area (Å²) in [6.45, 7) is 1.70. The van der Waals surface area contributed by atoms with E-state index >= 15 is 0 Å². The third-order valence-corrected chi connectivity index (χ3v) is 3.50. The van der Waals surface area contributed by atoms with Gasteiger partial charge in [0.05, 0.1) is 0 Å². The maximum absolute atomic E-state index is 12.2. The van der Waals surface area contributed by atoms with Crippen LogP contribution >= 0.6 is 0 Å². The van der Waals surface area contributed by atoms with E-state index in [-0.39, 0.29) is 18.4 Å². The lowest BCUT2D eigenvalue weighted by atomic mass is 10.2. The van der Waals surface area contributed by atoms with Crippen LogP contribution in [-0.4, -0.2) is 42.4 Å². The number of hydrogen-bond donors (Lipinski definition) is 1. The highest BCUT2D eigenvalue weighted by molar-refractivity contribution is 6.08. The first-order valence-electron chi connectivity index (χ1n) is 6.98. The summed E-state index contributed by atoms with van der Waals surface area (Å²) in [5.74, 6) is -0.626. The van der Waals surface area contributed by atoms with E-state index < -0.39 is 12.1 Å². The molecule has 6 nitrogen and oxygen atoms in total. The Labute approximate surface area is 123 Å². The third kappa shape index (κ3) is 3.21. The van der Waals surface area contributed by atoms with Gasteiger partial charge in [0.1, 0.15) is 12.6 Å². The lowest BCUT2D eigenvalue weighted by Crippen LogP contribution is -2.42. The second-order valence-corrected chi connectivity index (χ2v) is 5.00. The minimum atomic E-state index is -0.502. The summed E-state index contributed by atoms with van der Waals surface area (Å²) < 4.78 is 0. The number of rotatable bonds is 5. The monoisotopic (exact) mass is 289 g/mol. The molecule has 0 radical (unpaired) electrons. The summed E-state index contributed by atoms with van der Waals surface area (Å²) in [4.78, 5) is 38.5. The predicted molar refractivity (Wildman–Crippen MR) is 78.8 cm³/mol. The molecular formula is C15H19N3O3. The Kier molecular flexibility index (Phi) is 4.57. The fraction of sp³-hybridized carbons (Fsp3) is 0.400. The topological polar surface area (TPSA) is 69.7 Å². The quantitative estimate of drug-likeness (QED) is 0.832. The van der Waals surface area contributed by atoms with Crippen molar-refractivity contribution in [3.63, 3.8) is 0 Å². The van der Waals surface area contributed by atoms with Gasteiger partial charge in [-0.15, -0.1) is 0 Å². The Morgan fingerprint density at radius 3 is 2.57 bits per heavy atom. The van der Waals surface area contributed by atoms with Gasteiger partial charge in [-0.2, -0.15) is 0 Å². The second-order valence-electron chi connectivity index (χ2n) is 5.00. The number of carbonyl (C=O) groups excluding carboxylic acids is 3. The second kappa shape index (κ2) is 6.39. The SMILES string of the molecule is CCC[C@@H]1NC(=O)N(CC(=O)N(C)c2ccccc2)C1=O. The molecule has 1 aromatic carbocycles. The van der Waals surface area contributed by atoms with Gasteiger partial charge in [-0.3, -0.25) is 14.5 Å². The molecule has 21 heavy (non-hydrogen) atoms. The van der Waals surface area contributed by atoms with Crippen LogP contribution in [0.2, 0.25) is 0 Å². The lowest BCUT2D eigenvalue weighted by molar-refractivity contribution is -0.131. The number of nitrogens with one attached hydrogen (secondary N) is 1. The number of urea groups is 1. The minimum Gasteiger partial charge on any atom is -0.326 e. The molecule has 1 heterocycles. The molecule has 0 saturated carbocycles. The first-order chi connectivity index (χ1) is 10.0. The van der Waals surface area contributed by atoms with Crippen molar-refractivity contribution in [2.24, 2.45) is 0 Å². The van der Waals surface area contributed by atoms with Crippen LogP contribution in [0.1, 0.15) is 19.8 Å². The number of para-hydroxylation sites is 1. The summed E-state index contributed by atoms with van der Waals surface area (Å²) in [5, 5.41) is 2.61. The van der Waals surface area contributed by atoms with Crippen molar-refractivity contribution in [1.82, 2.24) is 10.2 Å². The average Bonchev–Trinajstić information content (AvgIpc) is 2.75. The van der Waals surface area contributed by atoms with Gasteiger partial charge in [-0.05, 0) is 18.6 Å². The Bertz CT molecular complexity index is 544. The number of likely N-dealkylation sites (N-methyl/N-ethyl adjacent to an activating group) is 1. The number of anilines is 1. The van der Waals surface area contributed by atoms with Crippen LogP contribution in [0.15, 0.2) is 30.3 Å². The van der Waals surface area contributed by atoms with Crippen LogP contribution < -0.4 is 10.2 Å². The van der Waals surface area contributed by atoms with Crippen molar-refractivity contribution >= 4 is 23.5 Å². The van der Waals surface area contributed by atoms with Gasteiger partial charge in [0.25, 0.3) is 5.91 Å². The summed E-state index contributed by atoms with van der Waals surface area (Å²) in [7, 11) is 1.62. The summed E-state index contributed by atoms with van der Waals surface area (Å²) >= 11 is 0. The van der Waals surface area contributed by atoms with E-state index in [0.29, 0.717) is 6.42 Å². The van der Waals surface area contributed by atoms with E-state index in [1.807, 2.05) is 25.1 Å². The van der Waals surface area contributed by atoms with E-state index in [2.05, 4.69) is 5.32 Å². The number of nitrogens with zero attached hydrogens (tertiary/aromatic N) is 2. The number of imide groups is 1. The number of hydrogen-bond acceptors (Lipinski definition) is 3. The van der Waals surface area contributed by atoms with Crippen LogP contribution in [0.25, 0.3) is 0 Å². The molecule has 6 heteroatoms. The van der Waals surface area contributed by atoms with Crippen LogP contribution in [-0.2, 0) is 9.59 Å². The van der Waals surface area contributed by atoms with Gasteiger partial charge < -0.3 is 10.2 Å². The molecule has 1 saturated heterocycles. The van der Waals surface area contributed by atoms with Gasteiger partial charge in [-0.1, -0.05) is 31.5 Å². The van der Waals surface area contributed by atoms with Gasteiger partial charge in [0.15, 0.2) is 0 Å². The van der Waals surface area contributed by atoms with E-state index in [1.165, 1.54) is 4.90 Å². The zero-order valence-electron chi connectivity index (χ0n) is 12.2. The molecule has 112 valence electrons. The molecule has 1 aromatic rings. The van der Waals surface area contributed by atoms with E-state index in [9.17, 15) is 14.4 Å². The molecule has 0 aliphatic carbocycles. The maximum atomic E-state index is 12.2. The zero-order chi connectivity index (χ0) is 15.4. The van der Waals surface area contributed by atoms with Crippen molar-refractivity contribution in [2.75, 3.05) is 18.5 Å². The molecule has 4 amide bonds. The summed E-state index contributed by atoms with van der Waals surface area (Å²) in [5.41, 5.74) is 0.722. The molecule has 0 unspecified atom stereocenters. The fourth-order valence-electron chi connectivity index (χ4n) is 2.25. The van der Waals surface area contributed by atoms with Gasteiger partial charge >= 0.3 is 6.03 Å². The van der Waals surface area contributed by atoms with E-state index in [1.54, 1.807) is 19.2 Å². The summed E-state index contributed by atoms with van der Waals surface area (Å²) in [6.07, 6.45) is 1.38. The molecule has 0 aromatic heterocycles. The lowest BCUT2D eigenvalue weighted by Gasteiger charge is -2.20. The molecule has 1 N–H and O–H groups in total. The third-order valence-electron chi connectivity index (χ3n) is 3.50. The standard InChI is InChI=1S/C15H19N3O3/c1-3-7-12-14(20)18(15(21)16-12)10-13(19)17(2)11-8-5-4-6-9-11/h4-6,8-9,12H,3,7,10H2,1-2H3,(H,16,21)/t12-/m0/s1. The van der Waals surface area contributed by atoms with E-state index in [4.69, 9.17) is 0 Å². The first kappa shape index (κ1) is 15.0. The normalized spacial score (nSPS) is 17.8. The molecular weight excluding hydrogens is 270 g/mol. The Hall–Kier alpha value is -2.37. The highest BCUT2D eigenvalue weighted by Gasteiger charge is 2.38. The van der Waals surface area contributed by atoms with Gasteiger partial charge in [0, 0.05) is 12.7 Å². The van der Waals surface area contributed by atoms with Crippen LogP contribution in [0.3, 0.4) is 0 Å². The highest BCUT2D eigenvalue weighted by atomic mass is 16.2. The molecule has 2 rings (SSSR count). The smallest absolute Gasteiger partial charge is 0.325 e. The van der Waals surface area contributed by atoms with Crippen molar-refractivity contribution in [3.8, 4) is 0 Å². The molecule has 0 spiro atoms. The van der Waals surface area contributed by atoms with Crippen LogP contribution in [0.5, 0.6) is 0 Å². The van der Waals surface area contributed by atoms with E-state index in [0.717, 1.165) is 17.0 Å².